The third kappa shape index (κ3) is 2.94. The van der Waals surface area contributed by atoms with Crippen LogP contribution < -0.4 is 0 Å². The molecule has 1 rings (SSSR count). The number of carbonyl (C=O) groups is 5. The highest BCUT2D eigenvalue weighted by molar-refractivity contribution is 6.60. The monoisotopic (exact) mass is 268 g/mol. The molecular formula is C13H16O6. The Bertz CT molecular complexity index is 436. The minimum Gasteiger partial charge on any atom is -0.460 e. The zero-order valence-corrected chi connectivity index (χ0v) is 10.9. The van der Waals surface area contributed by atoms with Crippen LogP contribution in [-0.2, 0) is 28.7 Å². The van der Waals surface area contributed by atoms with Crippen molar-refractivity contribution in [2.24, 2.45) is 11.8 Å². The Morgan fingerprint density at radius 3 is 2.26 bits per heavy atom. The number of rotatable bonds is 6. The Morgan fingerprint density at radius 1 is 1.11 bits per heavy atom. The van der Waals surface area contributed by atoms with E-state index in [0.29, 0.717) is 6.42 Å². The van der Waals surface area contributed by atoms with E-state index in [9.17, 15) is 24.0 Å². The average molecular weight is 268 g/mol. The van der Waals surface area contributed by atoms with E-state index >= 15 is 0 Å². The minimum atomic E-state index is -1.78. The van der Waals surface area contributed by atoms with Gasteiger partial charge in [0.15, 0.2) is 11.7 Å². The Morgan fingerprint density at radius 2 is 1.74 bits per heavy atom. The van der Waals surface area contributed by atoms with Gasteiger partial charge in [-0.25, -0.2) is 4.79 Å². The molecule has 1 aliphatic carbocycles. The number of esters is 1. The Hall–Kier alpha value is -1.85. The molecule has 0 amide bonds. The van der Waals surface area contributed by atoms with Crippen molar-refractivity contribution in [2.75, 3.05) is 6.61 Å². The lowest BCUT2D eigenvalue weighted by atomic mass is 9.95. The first-order valence-electron chi connectivity index (χ1n) is 6.28. The van der Waals surface area contributed by atoms with Gasteiger partial charge in [-0.05, 0) is 13.3 Å². The lowest BCUT2D eigenvalue weighted by molar-refractivity contribution is -0.157. The minimum absolute atomic E-state index is 0.0348. The molecular weight excluding hydrogens is 252 g/mol. The molecule has 0 aromatic heterocycles. The summed E-state index contributed by atoms with van der Waals surface area (Å²) in [5.41, 5.74) is 0. The standard InChI is InChI=1S/C13H16O6/c1-3-5-6-7-9(14)8(11(16)10(7)15)12(17)13(18)19-4-2/h7-8H,3-6H2,1-2H3/t7-,8-/m0/s1. The summed E-state index contributed by atoms with van der Waals surface area (Å²) in [4.78, 5) is 58.1. The van der Waals surface area contributed by atoms with Crippen molar-refractivity contribution in [3.8, 4) is 0 Å². The van der Waals surface area contributed by atoms with Crippen LogP contribution in [0.1, 0.15) is 33.1 Å². The molecule has 0 heterocycles. The van der Waals surface area contributed by atoms with E-state index in [0.717, 1.165) is 6.42 Å². The van der Waals surface area contributed by atoms with E-state index < -0.39 is 40.9 Å². The summed E-state index contributed by atoms with van der Waals surface area (Å²) in [5, 5.41) is 0. The third-order valence-corrected chi connectivity index (χ3v) is 3.03. The lowest BCUT2D eigenvalue weighted by Gasteiger charge is -2.06. The highest BCUT2D eigenvalue weighted by Crippen LogP contribution is 2.26. The van der Waals surface area contributed by atoms with Crippen LogP contribution in [0.3, 0.4) is 0 Å². The molecule has 0 aromatic carbocycles. The van der Waals surface area contributed by atoms with E-state index in [-0.39, 0.29) is 13.0 Å². The molecule has 1 aliphatic rings. The van der Waals surface area contributed by atoms with Crippen LogP contribution in [0.2, 0.25) is 0 Å². The summed E-state index contributed by atoms with van der Waals surface area (Å²) in [6, 6.07) is 0. The van der Waals surface area contributed by atoms with E-state index in [1.165, 1.54) is 6.92 Å². The molecule has 0 spiro atoms. The number of unbranched alkanes of at least 4 members (excludes halogenated alkanes) is 1. The summed E-state index contributed by atoms with van der Waals surface area (Å²) < 4.78 is 4.46. The largest absolute Gasteiger partial charge is 0.460 e. The van der Waals surface area contributed by atoms with E-state index in [4.69, 9.17) is 0 Å². The second-order valence-electron chi connectivity index (χ2n) is 4.34. The molecule has 0 saturated heterocycles. The zero-order chi connectivity index (χ0) is 14.6. The third-order valence-electron chi connectivity index (χ3n) is 3.03. The van der Waals surface area contributed by atoms with Crippen molar-refractivity contribution in [2.45, 2.75) is 33.1 Å². The molecule has 0 bridgehead atoms. The molecule has 19 heavy (non-hydrogen) atoms. The average Bonchev–Trinajstić information content (AvgIpc) is 2.58. The van der Waals surface area contributed by atoms with E-state index in [1.54, 1.807) is 0 Å². The normalized spacial score (nSPS) is 22.7. The van der Waals surface area contributed by atoms with Crippen molar-refractivity contribution in [1.29, 1.82) is 0 Å². The van der Waals surface area contributed by atoms with E-state index in [1.807, 2.05) is 6.92 Å². The van der Waals surface area contributed by atoms with Crippen molar-refractivity contribution in [1.82, 2.24) is 0 Å². The number of hydrogen-bond acceptors (Lipinski definition) is 6. The topological polar surface area (TPSA) is 94.6 Å². The van der Waals surface area contributed by atoms with Crippen LogP contribution in [0.4, 0.5) is 0 Å². The fourth-order valence-electron chi connectivity index (χ4n) is 2.02. The number of ketones is 4. The lowest BCUT2D eigenvalue weighted by Crippen LogP contribution is -2.33. The van der Waals surface area contributed by atoms with Gasteiger partial charge in [-0.3, -0.25) is 19.2 Å². The van der Waals surface area contributed by atoms with Gasteiger partial charge in [0.1, 0.15) is 0 Å². The van der Waals surface area contributed by atoms with Crippen LogP contribution >= 0.6 is 0 Å². The summed E-state index contributed by atoms with van der Waals surface area (Å²) >= 11 is 0. The molecule has 6 heteroatoms. The first-order valence-corrected chi connectivity index (χ1v) is 6.28. The van der Waals surface area contributed by atoms with Gasteiger partial charge in [0, 0.05) is 0 Å². The van der Waals surface area contributed by atoms with Gasteiger partial charge in [-0.2, -0.15) is 0 Å². The maximum Gasteiger partial charge on any atom is 0.375 e. The fraction of sp³-hybridized carbons (Fsp3) is 0.615. The van der Waals surface area contributed by atoms with Crippen LogP contribution in [0.15, 0.2) is 0 Å². The SMILES string of the molecule is CCCC[C@@H]1C(=O)C(=O)[C@@H](C(=O)C(=O)OCC)C1=O. The van der Waals surface area contributed by atoms with Gasteiger partial charge >= 0.3 is 5.97 Å². The predicted molar refractivity (Wildman–Crippen MR) is 63.2 cm³/mol. The van der Waals surface area contributed by atoms with Gasteiger partial charge in [-0.15, -0.1) is 0 Å². The Balaban J connectivity index is 2.88. The molecule has 0 aromatic rings. The first kappa shape index (κ1) is 15.2. The van der Waals surface area contributed by atoms with Crippen molar-refractivity contribution >= 4 is 29.1 Å². The number of ether oxygens (including phenoxy) is 1. The molecule has 0 aliphatic heterocycles. The number of hydrogen-bond donors (Lipinski definition) is 0. The molecule has 0 N–H and O–H groups in total. The maximum atomic E-state index is 11.9. The van der Waals surface area contributed by atoms with Gasteiger partial charge < -0.3 is 4.74 Å². The summed E-state index contributed by atoms with van der Waals surface area (Å²) in [7, 11) is 0. The molecule has 6 nitrogen and oxygen atoms in total. The van der Waals surface area contributed by atoms with Crippen molar-refractivity contribution in [3.63, 3.8) is 0 Å². The quantitative estimate of drug-likeness (QED) is 0.389. The smallest absolute Gasteiger partial charge is 0.375 e. The number of carbonyl (C=O) groups excluding carboxylic acids is 5. The molecule has 104 valence electrons. The summed E-state index contributed by atoms with van der Waals surface area (Å²) in [5.74, 6) is -8.03. The second-order valence-corrected chi connectivity index (χ2v) is 4.34. The molecule has 1 fully saturated rings. The fourth-order valence-corrected chi connectivity index (χ4v) is 2.02. The Labute approximate surface area is 110 Å². The summed E-state index contributed by atoms with van der Waals surface area (Å²) in [6.45, 7) is 3.35. The summed E-state index contributed by atoms with van der Waals surface area (Å²) in [6.07, 6.45) is 1.62. The van der Waals surface area contributed by atoms with Gasteiger partial charge in [0.25, 0.3) is 5.78 Å². The zero-order valence-electron chi connectivity index (χ0n) is 10.9. The maximum absolute atomic E-state index is 11.9. The highest BCUT2D eigenvalue weighted by Gasteiger charge is 2.53. The molecule has 2 atom stereocenters. The van der Waals surface area contributed by atoms with Crippen LogP contribution in [0.5, 0.6) is 0 Å². The van der Waals surface area contributed by atoms with Crippen molar-refractivity contribution in [3.05, 3.63) is 0 Å². The van der Waals surface area contributed by atoms with Gasteiger partial charge in [0.2, 0.25) is 11.6 Å². The van der Waals surface area contributed by atoms with Crippen LogP contribution in [0.25, 0.3) is 0 Å². The highest BCUT2D eigenvalue weighted by atomic mass is 16.5. The van der Waals surface area contributed by atoms with Crippen molar-refractivity contribution < 1.29 is 28.7 Å². The predicted octanol–water partition coefficient (Wildman–Crippen LogP) is 0.262. The van der Waals surface area contributed by atoms with Gasteiger partial charge in [0.05, 0.1) is 12.5 Å². The number of Topliss-reactive ketones (excluding diaryl/α,β-unsaturated/α-hetero) is 4. The van der Waals surface area contributed by atoms with Crippen LogP contribution in [-0.4, -0.2) is 35.7 Å². The first-order chi connectivity index (χ1) is 8.95. The second kappa shape index (κ2) is 6.36. The van der Waals surface area contributed by atoms with E-state index in [2.05, 4.69) is 4.74 Å². The molecule has 0 unspecified atom stereocenters. The van der Waals surface area contributed by atoms with Crippen LogP contribution in [0, 0.1) is 11.8 Å². The molecule has 1 saturated carbocycles. The van der Waals surface area contributed by atoms with Gasteiger partial charge in [-0.1, -0.05) is 19.8 Å². The Kier molecular flexibility index (Phi) is 5.09. The molecule has 0 radical (unpaired) electrons.